The monoisotopic (exact) mass is 659 g/mol. The van der Waals surface area contributed by atoms with Crippen LogP contribution in [-0.2, 0) is 27.8 Å². The number of nitrogens with zero attached hydrogens (tertiary/aromatic N) is 4. The number of piperazine rings is 1. The highest BCUT2D eigenvalue weighted by atomic mass is 32.2. The molecule has 1 amide bonds. The SMILES string of the molecule is CCCc1ccc(CNC=O)cc1.O=C(O)c1cccc2nc(N3CCN(S(=O)(=O)c4ccc(OC(F)(F)F)cc4)CC3)cnc12. The Morgan fingerprint density at radius 3 is 2.24 bits per heavy atom. The van der Waals surface area contributed by atoms with Crippen molar-refractivity contribution in [1.82, 2.24) is 19.6 Å². The van der Waals surface area contributed by atoms with Crippen molar-refractivity contribution < 1.29 is 41.0 Å². The van der Waals surface area contributed by atoms with E-state index in [1.807, 2.05) is 4.90 Å². The lowest BCUT2D eigenvalue weighted by atomic mass is 10.1. The topological polar surface area (TPSA) is 142 Å². The number of alkyl halides is 3. The molecule has 0 unspecified atom stereocenters. The smallest absolute Gasteiger partial charge is 0.478 e. The number of amides is 1. The number of fused-ring (bicyclic) bond motifs is 1. The molecule has 46 heavy (non-hydrogen) atoms. The Morgan fingerprint density at radius 1 is 1.00 bits per heavy atom. The van der Waals surface area contributed by atoms with Gasteiger partial charge in [0.1, 0.15) is 17.1 Å². The summed E-state index contributed by atoms with van der Waals surface area (Å²) in [4.78, 5) is 31.7. The highest BCUT2D eigenvalue weighted by Gasteiger charge is 2.32. The first-order chi connectivity index (χ1) is 21.9. The van der Waals surface area contributed by atoms with E-state index in [1.165, 1.54) is 28.6 Å². The number of hydrogen-bond acceptors (Lipinski definition) is 8. The van der Waals surface area contributed by atoms with Crippen molar-refractivity contribution in [2.75, 3.05) is 31.1 Å². The number of aryl methyl sites for hydroxylation is 1. The van der Waals surface area contributed by atoms with Gasteiger partial charge in [0.25, 0.3) is 0 Å². The molecule has 11 nitrogen and oxygen atoms in total. The van der Waals surface area contributed by atoms with Gasteiger partial charge in [-0.05, 0) is 53.9 Å². The Kier molecular flexibility index (Phi) is 11.1. The molecular weight excluding hydrogens is 627 g/mol. The minimum Gasteiger partial charge on any atom is -0.478 e. The molecule has 0 atom stereocenters. The Labute approximate surface area is 263 Å². The maximum absolute atomic E-state index is 12.9. The molecule has 1 aliphatic rings. The number of nitrogens with one attached hydrogen (secondary N) is 1. The van der Waals surface area contributed by atoms with E-state index in [-0.39, 0.29) is 29.1 Å². The molecule has 0 saturated carbocycles. The number of halogens is 3. The molecule has 1 saturated heterocycles. The van der Waals surface area contributed by atoms with E-state index in [1.54, 1.807) is 12.1 Å². The van der Waals surface area contributed by atoms with Gasteiger partial charge in [-0.2, -0.15) is 4.31 Å². The maximum Gasteiger partial charge on any atom is 0.573 e. The van der Waals surface area contributed by atoms with E-state index in [9.17, 15) is 36.3 Å². The van der Waals surface area contributed by atoms with Crippen LogP contribution in [0.25, 0.3) is 11.0 Å². The van der Waals surface area contributed by atoms with Gasteiger partial charge >= 0.3 is 12.3 Å². The lowest BCUT2D eigenvalue weighted by molar-refractivity contribution is -0.274. The number of carbonyl (C=O) groups is 2. The number of hydrogen-bond donors (Lipinski definition) is 2. The lowest BCUT2D eigenvalue weighted by Gasteiger charge is -2.34. The molecule has 1 aliphatic heterocycles. The van der Waals surface area contributed by atoms with Gasteiger partial charge in [0.2, 0.25) is 16.4 Å². The van der Waals surface area contributed by atoms with Crippen LogP contribution in [0.15, 0.2) is 77.8 Å². The molecule has 1 fully saturated rings. The molecule has 4 aromatic rings. The van der Waals surface area contributed by atoms with Crippen molar-refractivity contribution in [1.29, 1.82) is 0 Å². The lowest BCUT2D eigenvalue weighted by Crippen LogP contribution is -2.48. The summed E-state index contributed by atoms with van der Waals surface area (Å²) >= 11 is 0. The predicted molar refractivity (Wildman–Crippen MR) is 164 cm³/mol. The van der Waals surface area contributed by atoms with Gasteiger partial charge in [-0.15, -0.1) is 13.2 Å². The number of rotatable bonds is 10. The van der Waals surface area contributed by atoms with Gasteiger partial charge in [0.05, 0.1) is 22.2 Å². The number of carbonyl (C=O) groups excluding carboxylic acids is 1. The van der Waals surface area contributed by atoms with Crippen molar-refractivity contribution in [3.8, 4) is 5.75 Å². The number of ether oxygens (including phenoxy) is 1. The molecule has 2 N–H and O–H groups in total. The first kappa shape index (κ1) is 34.1. The third kappa shape index (κ3) is 8.91. The molecule has 0 spiro atoms. The first-order valence-corrected chi connectivity index (χ1v) is 15.7. The molecule has 3 aromatic carbocycles. The Bertz CT molecular complexity index is 1750. The van der Waals surface area contributed by atoms with Crippen LogP contribution in [0.1, 0.15) is 34.8 Å². The zero-order chi connectivity index (χ0) is 33.3. The fraction of sp³-hybridized carbons (Fsp3) is 0.290. The average molecular weight is 660 g/mol. The minimum atomic E-state index is -4.86. The summed E-state index contributed by atoms with van der Waals surface area (Å²) in [5, 5.41) is 11.9. The minimum absolute atomic E-state index is 0.0362. The summed E-state index contributed by atoms with van der Waals surface area (Å²) in [5.74, 6) is -1.14. The molecule has 1 aromatic heterocycles. The largest absolute Gasteiger partial charge is 0.573 e. The van der Waals surface area contributed by atoms with Crippen LogP contribution in [0.3, 0.4) is 0 Å². The molecule has 0 bridgehead atoms. The van der Waals surface area contributed by atoms with Crippen LogP contribution in [0.2, 0.25) is 0 Å². The Hall–Kier alpha value is -4.76. The predicted octanol–water partition coefficient (Wildman–Crippen LogP) is 4.62. The fourth-order valence-corrected chi connectivity index (χ4v) is 6.17. The molecule has 244 valence electrons. The summed E-state index contributed by atoms with van der Waals surface area (Å²) in [6.45, 7) is 3.63. The number of carboxylic acid groups (broad SMARTS) is 1. The van der Waals surface area contributed by atoms with Crippen LogP contribution >= 0.6 is 0 Å². The van der Waals surface area contributed by atoms with Crippen molar-refractivity contribution in [3.63, 3.8) is 0 Å². The highest BCUT2D eigenvalue weighted by molar-refractivity contribution is 7.89. The second-order valence-electron chi connectivity index (χ2n) is 10.2. The van der Waals surface area contributed by atoms with Crippen LogP contribution < -0.4 is 15.0 Å². The van der Waals surface area contributed by atoms with Gasteiger partial charge < -0.3 is 20.1 Å². The van der Waals surface area contributed by atoms with Gasteiger partial charge in [0.15, 0.2) is 0 Å². The van der Waals surface area contributed by atoms with Crippen LogP contribution in [0, 0.1) is 0 Å². The van der Waals surface area contributed by atoms with Crippen molar-refractivity contribution in [2.24, 2.45) is 0 Å². The number of sulfonamides is 1. The number of aromatic nitrogens is 2. The van der Waals surface area contributed by atoms with E-state index >= 15 is 0 Å². The number of carboxylic acids is 1. The summed E-state index contributed by atoms with van der Waals surface area (Å²) in [7, 11) is -3.91. The van der Waals surface area contributed by atoms with Crippen molar-refractivity contribution in [2.45, 2.75) is 37.6 Å². The fourth-order valence-electron chi connectivity index (χ4n) is 4.75. The van der Waals surface area contributed by atoms with Gasteiger partial charge in [-0.1, -0.05) is 43.7 Å². The Balaban J connectivity index is 0.000000310. The van der Waals surface area contributed by atoms with E-state index in [4.69, 9.17) is 0 Å². The third-order valence-corrected chi connectivity index (χ3v) is 8.91. The number of aromatic carboxylic acids is 1. The van der Waals surface area contributed by atoms with Gasteiger partial charge in [-0.25, -0.2) is 23.2 Å². The molecule has 0 radical (unpaired) electrons. The molecule has 5 rings (SSSR count). The second kappa shape index (κ2) is 15.0. The Morgan fingerprint density at radius 2 is 1.65 bits per heavy atom. The molecular formula is C31H32F3N5O6S. The number of para-hydroxylation sites is 1. The quantitative estimate of drug-likeness (QED) is 0.233. The summed E-state index contributed by atoms with van der Waals surface area (Å²) < 4.78 is 67.6. The summed E-state index contributed by atoms with van der Waals surface area (Å²) in [6.07, 6.45) is -0.400. The third-order valence-electron chi connectivity index (χ3n) is 7.00. The number of anilines is 1. The molecule has 2 heterocycles. The number of benzene rings is 3. The second-order valence-corrected chi connectivity index (χ2v) is 12.1. The molecule has 15 heteroatoms. The molecule has 0 aliphatic carbocycles. The first-order valence-electron chi connectivity index (χ1n) is 14.3. The standard InChI is InChI=1S/C20H17F3N4O5S.C11H15NO/c21-20(22,23)32-13-4-6-14(7-5-13)33(30,31)27-10-8-26(9-11-27)17-12-24-18-15(19(28)29)2-1-3-16(18)25-17;1-2-3-10-4-6-11(7-5-10)8-12-9-13/h1-7,12H,8-11H2,(H,28,29);4-7,9H,2-3,8H2,1H3,(H,12,13). The van der Waals surface area contributed by atoms with E-state index < -0.39 is 28.1 Å². The van der Waals surface area contributed by atoms with Crippen LogP contribution in [-0.4, -0.2) is 72.7 Å². The zero-order valence-corrected chi connectivity index (χ0v) is 25.6. The van der Waals surface area contributed by atoms with E-state index in [0.717, 1.165) is 42.7 Å². The van der Waals surface area contributed by atoms with Gasteiger partial charge in [0, 0.05) is 32.7 Å². The average Bonchev–Trinajstić information content (AvgIpc) is 3.04. The summed E-state index contributed by atoms with van der Waals surface area (Å²) in [5.41, 5.74) is 3.20. The highest BCUT2D eigenvalue weighted by Crippen LogP contribution is 2.26. The van der Waals surface area contributed by atoms with E-state index in [2.05, 4.69) is 51.2 Å². The van der Waals surface area contributed by atoms with Crippen molar-refractivity contribution in [3.05, 3.63) is 89.6 Å². The zero-order valence-electron chi connectivity index (χ0n) is 24.8. The van der Waals surface area contributed by atoms with Crippen LogP contribution in [0.5, 0.6) is 5.75 Å². The normalized spacial score (nSPS) is 13.9. The maximum atomic E-state index is 12.9. The summed E-state index contributed by atoms with van der Waals surface area (Å²) in [6, 6.07) is 17.0. The van der Waals surface area contributed by atoms with Crippen molar-refractivity contribution >= 4 is 39.3 Å². The van der Waals surface area contributed by atoms with Crippen LogP contribution in [0.4, 0.5) is 19.0 Å². The van der Waals surface area contributed by atoms with Gasteiger partial charge in [-0.3, -0.25) is 4.79 Å². The van der Waals surface area contributed by atoms with E-state index in [0.29, 0.717) is 31.0 Å².